The fraction of sp³-hybridized carbons (Fsp3) is 0.500. The molecule has 106 valence electrons. The lowest BCUT2D eigenvalue weighted by Gasteiger charge is -2.06. The number of hydrogen-bond donors (Lipinski definition) is 1. The van der Waals surface area contributed by atoms with Crippen LogP contribution < -0.4 is 5.73 Å². The molecule has 3 aromatic heterocycles. The Morgan fingerprint density at radius 3 is 2.75 bits per heavy atom. The second-order valence-electron chi connectivity index (χ2n) is 4.78. The normalized spacial score (nSPS) is 11.6. The van der Waals surface area contributed by atoms with Crippen LogP contribution in [0.5, 0.6) is 0 Å². The van der Waals surface area contributed by atoms with Crippen LogP contribution in [0.1, 0.15) is 18.4 Å². The van der Waals surface area contributed by atoms with Crippen LogP contribution in [0.3, 0.4) is 0 Å². The van der Waals surface area contributed by atoms with E-state index < -0.39 is 0 Å². The molecular weight excluding hydrogens is 256 g/mol. The number of aromatic nitrogens is 7. The predicted molar refractivity (Wildman–Crippen MR) is 75.0 cm³/mol. The Morgan fingerprint density at radius 1 is 1.30 bits per heavy atom. The Kier molecular flexibility index (Phi) is 2.92. The lowest BCUT2D eigenvalue weighted by molar-refractivity contribution is 0.621. The summed E-state index contributed by atoms with van der Waals surface area (Å²) in [7, 11) is 1.86. The van der Waals surface area contributed by atoms with Crippen molar-refractivity contribution in [3.05, 3.63) is 17.8 Å². The number of imidazole rings is 1. The molecule has 0 amide bonds. The summed E-state index contributed by atoms with van der Waals surface area (Å²) in [5.74, 6) is 1.31. The van der Waals surface area contributed by atoms with Crippen LogP contribution in [0.25, 0.3) is 11.2 Å². The first-order valence-electron chi connectivity index (χ1n) is 6.63. The number of nitrogens with two attached hydrogens (primary N) is 1. The zero-order chi connectivity index (χ0) is 14.3. The highest BCUT2D eigenvalue weighted by molar-refractivity contribution is 5.77. The lowest BCUT2D eigenvalue weighted by Crippen LogP contribution is -2.10. The summed E-state index contributed by atoms with van der Waals surface area (Å²) in [4.78, 5) is 8.64. The van der Waals surface area contributed by atoms with Gasteiger partial charge in [-0.15, -0.1) is 0 Å². The van der Waals surface area contributed by atoms with Crippen molar-refractivity contribution in [3.8, 4) is 0 Å². The number of fused-ring (bicyclic) bond motifs is 1. The average molecular weight is 274 g/mol. The molecule has 20 heavy (non-hydrogen) atoms. The number of aryl methyl sites for hydroxylation is 5. The minimum Gasteiger partial charge on any atom is -0.369 e. The Balaban J connectivity index is 1.96. The minimum absolute atomic E-state index is 0.513. The van der Waals surface area contributed by atoms with E-state index in [0.717, 1.165) is 29.2 Å². The van der Waals surface area contributed by atoms with E-state index >= 15 is 0 Å². The molecule has 0 aliphatic carbocycles. The highest BCUT2D eigenvalue weighted by Crippen LogP contribution is 2.21. The highest BCUT2D eigenvalue weighted by atomic mass is 15.4. The Morgan fingerprint density at radius 2 is 2.10 bits per heavy atom. The van der Waals surface area contributed by atoms with Crippen LogP contribution in [0.4, 0.5) is 5.95 Å². The van der Waals surface area contributed by atoms with Crippen molar-refractivity contribution in [2.24, 2.45) is 7.05 Å². The molecule has 0 fully saturated rings. The average Bonchev–Trinajstić information content (AvgIpc) is 3.05. The van der Waals surface area contributed by atoms with E-state index in [-0.39, 0.29) is 0 Å². The number of nitrogens with zero attached hydrogens (tertiary/aromatic N) is 7. The van der Waals surface area contributed by atoms with Crippen molar-refractivity contribution in [2.75, 3.05) is 5.73 Å². The van der Waals surface area contributed by atoms with Gasteiger partial charge in [0.15, 0.2) is 11.5 Å². The number of hydrogen-bond acceptors (Lipinski definition) is 5. The maximum absolute atomic E-state index is 6.02. The Hall–Kier alpha value is -2.38. The molecule has 0 radical (unpaired) electrons. The zero-order valence-electron chi connectivity index (χ0n) is 11.9. The van der Waals surface area contributed by atoms with Gasteiger partial charge in [0.05, 0.1) is 5.69 Å². The molecule has 8 heteroatoms. The third kappa shape index (κ3) is 1.93. The van der Waals surface area contributed by atoms with Crippen LogP contribution in [-0.4, -0.2) is 34.1 Å². The molecule has 2 N–H and O–H groups in total. The fourth-order valence-corrected chi connectivity index (χ4v) is 2.39. The largest absolute Gasteiger partial charge is 0.369 e. The van der Waals surface area contributed by atoms with Gasteiger partial charge in [0.25, 0.3) is 0 Å². The van der Waals surface area contributed by atoms with E-state index in [0.29, 0.717) is 18.9 Å². The van der Waals surface area contributed by atoms with Crippen molar-refractivity contribution >= 4 is 17.1 Å². The Bertz CT molecular complexity index is 747. The topological polar surface area (TPSA) is 92.4 Å². The second-order valence-corrected chi connectivity index (χ2v) is 4.78. The fourth-order valence-electron chi connectivity index (χ4n) is 2.39. The quantitative estimate of drug-likeness (QED) is 0.748. The number of nitrogen functional groups attached to an aromatic ring is 1. The van der Waals surface area contributed by atoms with Gasteiger partial charge < -0.3 is 5.73 Å². The molecule has 0 saturated heterocycles. The smallest absolute Gasteiger partial charge is 0.202 e. The van der Waals surface area contributed by atoms with Crippen LogP contribution in [-0.2, 0) is 26.6 Å². The highest BCUT2D eigenvalue weighted by Gasteiger charge is 2.16. The first-order valence-corrected chi connectivity index (χ1v) is 6.63. The van der Waals surface area contributed by atoms with Gasteiger partial charge >= 0.3 is 0 Å². The van der Waals surface area contributed by atoms with E-state index in [2.05, 4.69) is 27.1 Å². The van der Waals surface area contributed by atoms with E-state index in [1.165, 1.54) is 0 Å². The third-order valence-electron chi connectivity index (χ3n) is 3.33. The van der Waals surface area contributed by atoms with Crippen molar-refractivity contribution < 1.29 is 0 Å². The molecule has 0 atom stereocenters. The second kappa shape index (κ2) is 4.62. The minimum atomic E-state index is 0.513. The molecule has 0 saturated carbocycles. The van der Waals surface area contributed by atoms with Gasteiger partial charge in [-0.3, -0.25) is 9.25 Å². The summed E-state index contributed by atoms with van der Waals surface area (Å²) in [6.07, 6.45) is 2.41. The maximum atomic E-state index is 6.02. The summed E-state index contributed by atoms with van der Waals surface area (Å²) in [6.45, 7) is 5.49. The molecule has 0 unspecified atom stereocenters. The van der Waals surface area contributed by atoms with Gasteiger partial charge in [-0.05, 0) is 13.8 Å². The van der Waals surface area contributed by atoms with Crippen molar-refractivity contribution in [3.63, 3.8) is 0 Å². The van der Waals surface area contributed by atoms with Crippen molar-refractivity contribution in [1.29, 1.82) is 0 Å². The van der Waals surface area contributed by atoms with Crippen LogP contribution >= 0.6 is 0 Å². The first-order chi connectivity index (χ1) is 9.60. The van der Waals surface area contributed by atoms with E-state index in [1.54, 1.807) is 11.0 Å². The predicted octanol–water partition coefficient (Wildman–Crippen LogP) is 0.515. The Labute approximate surface area is 116 Å². The van der Waals surface area contributed by atoms with Crippen LogP contribution in [0.2, 0.25) is 0 Å². The van der Waals surface area contributed by atoms with Gasteiger partial charge in [-0.25, -0.2) is 14.6 Å². The molecule has 0 aromatic carbocycles. The van der Waals surface area contributed by atoms with Crippen LogP contribution in [0.15, 0.2) is 6.33 Å². The first kappa shape index (κ1) is 12.6. The monoisotopic (exact) mass is 274 g/mol. The maximum Gasteiger partial charge on any atom is 0.202 e. The molecule has 3 aromatic rings. The third-order valence-corrected chi connectivity index (χ3v) is 3.33. The lowest BCUT2D eigenvalue weighted by atomic mass is 10.4. The SMILES string of the molecule is CCn1nc(C)c2nc(N)n(CCc3ncn(C)n3)c21. The molecule has 0 bridgehead atoms. The standard InChI is InChI=1S/C12H18N8/c1-4-20-11-10(8(2)16-20)15-12(13)19(11)6-5-9-14-7-18(3)17-9/h7H,4-6H2,1-3H3,(H2,13,15). The van der Waals surface area contributed by atoms with Gasteiger partial charge in [0.1, 0.15) is 11.8 Å². The number of anilines is 1. The van der Waals surface area contributed by atoms with E-state index in [4.69, 9.17) is 5.73 Å². The van der Waals surface area contributed by atoms with Crippen molar-refractivity contribution in [1.82, 2.24) is 34.1 Å². The number of rotatable bonds is 4. The summed E-state index contributed by atoms with van der Waals surface area (Å²) >= 11 is 0. The van der Waals surface area contributed by atoms with Gasteiger partial charge in [0.2, 0.25) is 5.95 Å². The van der Waals surface area contributed by atoms with E-state index in [9.17, 15) is 0 Å². The van der Waals surface area contributed by atoms with Gasteiger partial charge in [-0.2, -0.15) is 10.2 Å². The molecule has 0 aliphatic rings. The van der Waals surface area contributed by atoms with Crippen molar-refractivity contribution in [2.45, 2.75) is 33.4 Å². The summed E-state index contributed by atoms with van der Waals surface area (Å²) in [5, 5.41) is 8.75. The van der Waals surface area contributed by atoms with Crippen LogP contribution in [0, 0.1) is 6.92 Å². The molecular formula is C12H18N8. The summed E-state index contributed by atoms with van der Waals surface area (Å²) < 4.78 is 5.61. The molecule has 3 rings (SSSR count). The molecule has 0 aliphatic heterocycles. The molecule has 3 heterocycles. The van der Waals surface area contributed by atoms with E-state index in [1.807, 2.05) is 23.2 Å². The zero-order valence-corrected chi connectivity index (χ0v) is 11.9. The molecule has 8 nitrogen and oxygen atoms in total. The van der Waals surface area contributed by atoms with Gasteiger partial charge in [-0.1, -0.05) is 0 Å². The summed E-state index contributed by atoms with van der Waals surface area (Å²) in [5.41, 5.74) is 8.77. The van der Waals surface area contributed by atoms with Gasteiger partial charge in [0, 0.05) is 26.6 Å². The summed E-state index contributed by atoms with van der Waals surface area (Å²) in [6, 6.07) is 0. The molecule has 0 spiro atoms.